The van der Waals surface area contributed by atoms with E-state index in [-0.39, 0.29) is 6.03 Å². The van der Waals surface area contributed by atoms with Gasteiger partial charge in [0.15, 0.2) is 0 Å². The Hall–Kier alpha value is -2.07. The summed E-state index contributed by atoms with van der Waals surface area (Å²) in [6, 6.07) is 13.5. The van der Waals surface area contributed by atoms with Crippen LogP contribution in [0.2, 0.25) is 0 Å². The summed E-state index contributed by atoms with van der Waals surface area (Å²) in [7, 11) is 0. The maximum Gasteiger partial charge on any atom is 0.323 e. The van der Waals surface area contributed by atoms with Gasteiger partial charge in [-0.25, -0.2) is 4.79 Å². The number of rotatable bonds is 3. The van der Waals surface area contributed by atoms with Gasteiger partial charge in [-0.1, -0.05) is 45.8 Å². The summed E-state index contributed by atoms with van der Waals surface area (Å²) in [5.41, 5.74) is 4.05. The smallest absolute Gasteiger partial charge is 0.314 e. The molecule has 0 heterocycles. The Morgan fingerprint density at radius 3 is 2.48 bits per heavy atom. The van der Waals surface area contributed by atoms with Crippen molar-refractivity contribution in [2.75, 3.05) is 5.32 Å². The maximum absolute atomic E-state index is 11.8. The molecular weight excluding hydrogens is 328 g/mol. The number of benzene rings is 2. The van der Waals surface area contributed by atoms with Crippen LogP contribution in [0.4, 0.5) is 10.5 Å². The molecule has 0 unspecified atom stereocenters. The van der Waals surface area contributed by atoms with E-state index in [9.17, 15) is 4.79 Å². The quantitative estimate of drug-likeness (QED) is 0.820. The topological polar surface area (TPSA) is 41.1 Å². The summed E-state index contributed by atoms with van der Waals surface area (Å²) in [4.78, 5) is 11.8. The third-order valence-electron chi connectivity index (χ3n) is 3.00. The molecule has 21 heavy (non-hydrogen) atoms. The highest BCUT2D eigenvalue weighted by molar-refractivity contribution is 9.10. The van der Waals surface area contributed by atoms with E-state index in [0.29, 0.717) is 0 Å². The predicted octanol–water partition coefficient (Wildman–Crippen LogP) is 4.86. The van der Waals surface area contributed by atoms with Crippen LogP contribution < -0.4 is 10.6 Å². The monoisotopic (exact) mass is 344 g/mol. The number of anilines is 1. The van der Waals surface area contributed by atoms with Gasteiger partial charge in [0.05, 0.1) is 0 Å². The zero-order valence-electron chi connectivity index (χ0n) is 12.0. The first-order valence-corrected chi connectivity index (χ1v) is 7.41. The van der Waals surface area contributed by atoms with Gasteiger partial charge in [0.1, 0.15) is 0 Å². The minimum absolute atomic E-state index is 0.260. The molecule has 2 aromatic carbocycles. The summed E-state index contributed by atoms with van der Waals surface area (Å²) < 4.78 is 0.991. The molecule has 0 aliphatic carbocycles. The van der Waals surface area contributed by atoms with Crippen LogP contribution in [-0.2, 0) is 0 Å². The molecule has 2 aromatic rings. The molecule has 0 radical (unpaired) electrons. The van der Waals surface area contributed by atoms with Crippen LogP contribution in [0.25, 0.3) is 6.08 Å². The zero-order valence-corrected chi connectivity index (χ0v) is 13.6. The molecule has 0 spiro atoms. The van der Waals surface area contributed by atoms with Crippen LogP contribution in [0.15, 0.2) is 53.1 Å². The summed E-state index contributed by atoms with van der Waals surface area (Å²) in [5.74, 6) is 0. The molecule has 4 heteroatoms. The first kappa shape index (κ1) is 15.3. The Bertz CT molecular complexity index is 663. The number of hydrogen-bond acceptors (Lipinski definition) is 1. The molecule has 0 aromatic heterocycles. The molecule has 0 atom stereocenters. The lowest BCUT2D eigenvalue weighted by Crippen LogP contribution is -2.24. The second-order valence-corrected chi connectivity index (χ2v) is 5.72. The highest BCUT2D eigenvalue weighted by Gasteiger charge is 2.02. The van der Waals surface area contributed by atoms with Gasteiger partial charge in [0, 0.05) is 16.4 Å². The molecule has 0 saturated heterocycles. The van der Waals surface area contributed by atoms with Gasteiger partial charge in [-0.15, -0.1) is 0 Å². The van der Waals surface area contributed by atoms with Crippen molar-refractivity contribution in [3.05, 3.63) is 69.8 Å². The van der Waals surface area contributed by atoms with Gasteiger partial charge in [0.2, 0.25) is 0 Å². The lowest BCUT2D eigenvalue weighted by atomic mass is 10.1. The summed E-state index contributed by atoms with van der Waals surface area (Å²) in [6.07, 6.45) is 3.49. The molecule has 0 saturated carbocycles. The number of amides is 2. The third-order valence-corrected chi connectivity index (χ3v) is 3.50. The molecular formula is C17H17BrN2O. The van der Waals surface area contributed by atoms with E-state index in [1.165, 1.54) is 5.56 Å². The largest absolute Gasteiger partial charge is 0.323 e. The van der Waals surface area contributed by atoms with Gasteiger partial charge in [0.25, 0.3) is 0 Å². The van der Waals surface area contributed by atoms with Crippen LogP contribution >= 0.6 is 15.9 Å². The van der Waals surface area contributed by atoms with Crippen LogP contribution in [0.3, 0.4) is 0 Å². The molecule has 0 aliphatic rings. The number of urea groups is 1. The number of hydrogen-bond donors (Lipinski definition) is 2. The highest BCUT2D eigenvalue weighted by atomic mass is 79.9. The fraction of sp³-hybridized carbons (Fsp3) is 0.118. The highest BCUT2D eigenvalue weighted by Crippen LogP contribution is 2.19. The lowest BCUT2D eigenvalue weighted by Gasteiger charge is -2.08. The number of carbonyl (C=O) groups is 1. The Labute approximate surface area is 133 Å². The van der Waals surface area contributed by atoms with Gasteiger partial charge in [-0.05, 0) is 49.2 Å². The van der Waals surface area contributed by atoms with Gasteiger partial charge < -0.3 is 10.6 Å². The van der Waals surface area contributed by atoms with E-state index in [4.69, 9.17) is 0 Å². The Morgan fingerprint density at radius 2 is 1.81 bits per heavy atom. The molecule has 2 amide bonds. The second kappa shape index (κ2) is 7.09. The van der Waals surface area contributed by atoms with Crippen molar-refractivity contribution >= 4 is 33.7 Å². The van der Waals surface area contributed by atoms with Crippen LogP contribution in [0.1, 0.15) is 16.7 Å². The number of nitrogens with one attached hydrogen (secondary N) is 2. The van der Waals surface area contributed by atoms with E-state index in [1.54, 1.807) is 6.20 Å². The zero-order chi connectivity index (χ0) is 15.2. The van der Waals surface area contributed by atoms with Crippen molar-refractivity contribution in [1.82, 2.24) is 5.32 Å². The Morgan fingerprint density at radius 1 is 1.10 bits per heavy atom. The number of halogens is 1. The van der Waals surface area contributed by atoms with Gasteiger partial charge in [-0.3, -0.25) is 0 Å². The van der Waals surface area contributed by atoms with Crippen molar-refractivity contribution < 1.29 is 4.79 Å². The molecule has 108 valence electrons. The first-order valence-electron chi connectivity index (χ1n) is 6.61. The first-order chi connectivity index (χ1) is 10.0. The van der Waals surface area contributed by atoms with E-state index in [0.717, 1.165) is 21.3 Å². The molecule has 2 N–H and O–H groups in total. The van der Waals surface area contributed by atoms with Crippen molar-refractivity contribution in [2.45, 2.75) is 13.8 Å². The molecule has 2 rings (SSSR count). The average molecular weight is 345 g/mol. The fourth-order valence-electron chi connectivity index (χ4n) is 1.82. The van der Waals surface area contributed by atoms with Gasteiger partial charge >= 0.3 is 6.03 Å². The maximum atomic E-state index is 11.8. The summed E-state index contributed by atoms with van der Waals surface area (Å²) in [6.45, 7) is 3.99. The molecule has 0 aliphatic heterocycles. The SMILES string of the molecule is Cc1ccc(/C=C/NC(=O)Nc2ccc(Br)cc2C)cc1. The Kier molecular flexibility index (Phi) is 5.17. The van der Waals surface area contributed by atoms with Crippen molar-refractivity contribution in [1.29, 1.82) is 0 Å². The minimum Gasteiger partial charge on any atom is -0.314 e. The third kappa shape index (κ3) is 4.76. The van der Waals surface area contributed by atoms with Crippen molar-refractivity contribution in [3.8, 4) is 0 Å². The number of aryl methyl sites for hydroxylation is 2. The molecule has 3 nitrogen and oxygen atoms in total. The van der Waals surface area contributed by atoms with Crippen LogP contribution in [0, 0.1) is 13.8 Å². The van der Waals surface area contributed by atoms with E-state index < -0.39 is 0 Å². The predicted molar refractivity (Wildman–Crippen MR) is 91.2 cm³/mol. The summed E-state index contributed by atoms with van der Waals surface area (Å²) in [5, 5.41) is 5.50. The van der Waals surface area contributed by atoms with Crippen LogP contribution in [-0.4, -0.2) is 6.03 Å². The number of carbonyl (C=O) groups excluding carboxylic acids is 1. The fourth-order valence-corrected chi connectivity index (χ4v) is 2.29. The van der Waals surface area contributed by atoms with E-state index in [2.05, 4.69) is 26.6 Å². The van der Waals surface area contributed by atoms with Crippen molar-refractivity contribution in [2.24, 2.45) is 0 Å². The molecule has 0 bridgehead atoms. The van der Waals surface area contributed by atoms with E-state index >= 15 is 0 Å². The second-order valence-electron chi connectivity index (χ2n) is 4.80. The molecule has 0 fully saturated rings. The Balaban J connectivity index is 1.91. The lowest BCUT2D eigenvalue weighted by molar-refractivity contribution is 0.255. The van der Waals surface area contributed by atoms with Gasteiger partial charge in [-0.2, -0.15) is 0 Å². The van der Waals surface area contributed by atoms with Crippen LogP contribution in [0.5, 0.6) is 0 Å². The standard InChI is InChI=1S/C17H17BrN2O/c1-12-3-5-14(6-4-12)9-10-19-17(21)20-16-8-7-15(18)11-13(16)2/h3-11H,1-2H3,(H2,19,20,21)/b10-9+. The minimum atomic E-state index is -0.260. The average Bonchev–Trinajstić information content (AvgIpc) is 2.44. The van der Waals surface area contributed by atoms with E-state index in [1.807, 2.05) is 62.4 Å². The normalized spacial score (nSPS) is 10.6. The summed E-state index contributed by atoms with van der Waals surface area (Å²) >= 11 is 3.40. The van der Waals surface area contributed by atoms with Crippen molar-refractivity contribution in [3.63, 3.8) is 0 Å².